The van der Waals surface area contributed by atoms with Gasteiger partial charge in [-0.2, -0.15) is 0 Å². The van der Waals surface area contributed by atoms with E-state index in [1.165, 1.54) is 0 Å². The second kappa shape index (κ2) is 3.27. The number of phenols is 1. The van der Waals surface area contributed by atoms with Crippen molar-refractivity contribution in [3.05, 3.63) is 24.3 Å². The highest BCUT2D eigenvalue weighted by atomic mass is 28.2. The molecular weight excluding hydrogens is 144 g/mol. The van der Waals surface area contributed by atoms with Crippen molar-refractivity contribution in [2.75, 3.05) is 0 Å². The molecule has 0 saturated carbocycles. The van der Waals surface area contributed by atoms with E-state index in [-0.39, 0.29) is 5.75 Å². The van der Waals surface area contributed by atoms with Gasteiger partial charge >= 0.3 is 9.76 Å². The topological polar surface area (TPSA) is 29.5 Å². The van der Waals surface area contributed by atoms with Gasteiger partial charge in [-0.25, -0.2) is 0 Å². The van der Waals surface area contributed by atoms with Crippen LogP contribution in [-0.2, 0) is 0 Å². The quantitative estimate of drug-likeness (QED) is 0.650. The summed E-state index contributed by atoms with van der Waals surface area (Å²) in [6.45, 7) is 1.93. The Morgan fingerprint density at radius 1 is 1.50 bits per heavy atom. The summed E-state index contributed by atoms with van der Waals surface area (Å²) in [5.41, 5.74) is 0. The fourth-order valence-corrected chi connectivity index (χ4v) is 1.03. The van der Waals surface area contributed by atoms with Crippen LogP contribution in [0.3, 0.4) is 0 Å². The molecule has 0 spiro atoms. The largest absolute Gasteiger partial charge is 0.541 e. The average molecular weight is 152 g/mol. The SMILES string of the molecule is C[Si]Oc1cccc(O)c1. The number of aromatic hydroxyl groups is 1. The summed E-state index contributed by atoms with van der Waals surface area (Å²) in [5, 5.41) is 8.96. The number of benzene rings is 1. The Hall–Kier alpha value is -0.963. The van der Waals surface area contributed by atoms with E-state index < -0.39 is 0 Å². The average Bonchev–Trinajstić information content (AvgIpc) is 1.88. The minimum atomic E-state index is 0.246. The minimum Gasteiger partial charge on any atom is -0.541 e. The van der Waals surface area contributed by atoms with Crippen molar-refractivity contribution >= 4 is 9.76 Å². The van der Waals surface area contributed by atoms with Crippen LogP contribution in [-0.4, -0.2) is 14.9 Å². The van der Waals surface area contributed by atoms with Crippen molar-refractivity contribution in [2.24, 2.45) is 0 Å². The molecule has 1 rings (SSSR count). The lowest BCUT2D eigenvalue weighted by Gasteiger charge is -2.00. The van der Waals surface area contributed by atoms with Crippen molar-refractivity contribution in [2.45, 2.75) is 6.55 Å². The van der Waals surface area contributed by atoms with Crippen LogP contribution in [0, 0.1) is 0 Å². The normalized spacial score (nSPS) is 9.30. The standard InChI is InChI=1S/C7H8O2Si/c1-10-9-7-4-2-3-6(8)5-7/h2-5,8H,1H3. The lowest BCUT2D eigenvalue weighted by atomic mass is 10.3. The van der Waals surface area contributed by atoms with E-state index in [4.69, 9.17) is 9.53 Å². The predicted molar refractivity (Wildman–Crippen MR) is 40.4 cm³/mol. The molecule has 0 unspecified atom stereocenters. The first-order valence-corrected chi connectivity index (χ1v) is 4.36. The van der Waals surface area contributed by atoms with Gasteiger partial charge in [0.25, 0.3) is 0 Å². The van der Waals surface area contributed by atoms with Gasteiger partial charge in [-0.05, 0) is 18.7 Å². The Morgan fingerprint density at radius 3 is 2.90 bits per heavy atom. The second-order valence-electron chi connectivity index (χ2n) is 1.80. The molecule has 0 heterocycles. The van der Waals surface area contributed by atoms with Crippen molar-refractivity contribution in [1.82, 2.24) is 0 Å². The molecule has 0 aliphatic carbocycles. The third-order valence-corrected chi connectivity index (χ3v) is 1.48. The van der Waals surface area contributed by atoms with Gasteiger partial charge in [0.15, 0.2) is 0 Å². The maximum absolute atomic E-state index is 8.96. The first-order valence-electron chi connectivity index (χ1n) is 2.95. The molecule has 2 nitrogen and oxygen atoms in total. The van der Waals surface area contributed by atoms with Crippen molar-refractivity contribution in [3.63, 3.8) is 0 Å². The molecule has 0 aliphatic rings. The summed E-state index contributed by atoms with van der Waals surface area (Å²) in [6, 6.07) is 6.78. The van der Waals surface area contributed by atoms with Gasteiger partial charge in [0.2, 0.25) is 0 Å². The van der Waals surface area contributed by atoms with Crippen molar-refractivity contribution in [3.8, 4) is 11.5 Å². The molecule has 2 radical (unpaired) electrons. The van der Waals surface area contributed by atoms with Crippen molar-refractivity contribution in [1.29, 1.82) is 0 Å². The third-order valence-electron chi connectivity index (χ3n) is 1.04. The molecule has 10 heavy (non-hydrogen) atoms. The Bertz CT molecular complexity index is 213. The van der Waals surface area contributed by atoms with E-state index in [1.807, 2.05) is 12.6 Å². The highest BCUT2D eigenvalue weighted by Gasteiger charge is 1.91. The van der Waals surface area contributed by atoms with Gasteiger partial charge in [-0.1, -0.05) is 6.07 Å². The Morgan fingerprint density at radius 2 is 2.30 bits per heavy atom. The maximum atomic E-state index is 8.96. The zero-order valence-corrected chi connectivity index (χ0v) is 6.66. The molecule has 0 amide bonds. The fraction of sp³-hybridized carbons (Fsp3) is 0.143. The van der Waals surface area contributed by atoms with Gasteiger partial charge in [0.1, 0.15) is 11.5 Å². The summed E-state index contributed by atoms with van der Waals surface area (Å²) in [7, 11) is 0.420. The van der Waals surface area contributed by atoms with Crippen LogP contribution in [0.2, 0.25) is 6.55 Å². The molecule has 1 aromatic rings. The van der Waals surface area contributed by atoms with E-state index >= 15 is 0 Å². The minimum absolute atomic E-state index is 0.246. The summed E-state index contributed by atoms with van der Waals surface area (Å²) >= 11 is 0. The van der Waals surface area contributed by atoms with Gasteiger partial charge in [-0.15, -0.1) is 0 Å². The lowest BCUT2D eigenvalue weighted by molar-refractivity contribution is 0.471. The van der Waals surface area contributed by atoms with Crippen LogP contribution in [0.4, 0.5) is 0 Å². The Labute approximate surface area is 62.4 Å². The zero-order chi connectivity index (χ0) is 7.40. The zero-order valence-electron chi connectivity index (χ0n) is 5.66. The molecule has 3 heteroatoms. The molecule has 0 fully saturated rings. The monoisotopic (exact) mass is 152 g/mol. The molecular formula is C7H8O2Si. The Kier molecular flexibility index (Phi) is 2.34. The summed E-state index contributed by atoms with van der Waals surface area (Å²) in [6.07, 6.45) is 0. The van der Waals surface area contributed by atoms with Crippen molar-refractivity contribution < 1.29 is 9.53 Å². The Balaban J connectivity index is 2.75. The molecule has 0 aliphatic heterocycles. The number of hydrogen-bond acceptors (Lipinski definition) is 2. The van der Waals surface area contributed by atoms with Crippen LogP contribution < -0.4 is 4.43 Å². The van der Waals surface area contributed by atoms with E-state index in [1.54, 1.807) is 18.2 Å². The van der Waals surface area contributed by atoms with Crippen LogP contribution >= 0.6 is 0 Å². The molecule has 0 bridgehead atoms. The predicted octanol–water partition coefficient (Wildman–Crippen LogP) is 1.44. The fourth-order valence-electron chi connectivity index (χ4n) is 0.665. The molecule has 0 atom stereocenters. The van der Waals surface area contributed by atoms with Crippen LogP contribution in [0.15, 0.2) is 24.3 Å². The summed E-state index contributed by atoms with van der Waals surface area (Å²) in [4.78, 5) is 0. The molecule has 52 valence electrons. The number of hydrogen-bond donors (Lipinski definition) is 1. The van der Waals surface area contributed by atoms with Gasteiger partial charge in [0.05, 0.1) is 0 Å². The van der Waals surface area contributed by atoms with E-state index in [2.05, 4.69) is 0 Å². The molecule has 0 aromatic heterocycles. The van der Waals surface area contributed by atoms with Crippen LogP contribution in [0.1, 0.15) is 0 Å². The van der Waals surface area contributed by atoms with Gasteiger partial charge in [0, 0.05) is 6.07 Å². The van der Waals surface area contributed by atoms with E-state index in [0.717, 1.165) is 5.75 Å². The number of phenolic OH excluding ortho intramolecular Hbond substituents is 1. The highest BCUT2D eigenvalue weighted by Crippen LogP contribution is 2.16. The first-order chi connectivity index (χ1) is 4.83. The summed E-state index contributed by atoms with van der Waals surface area (Å²) < 4.78 is 5.15. The second-order valence-corrected chi connectivity index (χ2v) is 2.42. The van der Waals surface area contributed by atoms with E-state index in [9.17, 15) is 0 Å². The molecule has 1 aromatic carbocycles. The van der Waals surface area contributed by atoms with Gasteiger partial charge < -0.3 is 9.53 Å². The highest BCUT2D eigenvalue weighted by molar-refractivity contribution is 6.26. The smallest absolute Gasteiger partial charge is 0.307 e. The van der Waals surface area contributed by atoms with Gasteiger partial charge in [-0.3, -0.25) is 0 Å². The molecule has 1 N–H and O–H groups in total. The van der Waals surface area contributed by atoms with Crippen LogP contribution in [0.5, 0.6) is 11.5 Å². The lowest BCUT2D eigenvalue weighted by Crippen LogP contribution is -1.94. The maximum Gasteiger partial charge on any atom is 0.307 e. The van der Waals surface area contributed by atoms with Crippen LogP contribution in [0.25, 0.3) is 0 Å². The third kappa shape index (κ3) is 1.77. The molecule has 0 saturated heterocycles. The first kappa shape index (κ1) is 7.15. The summed E-state index contributed by atoms with van der Waals surface area (Å²) in [5.74, 6) is 0.969. The number of rotatable bonds is 2. The van der Waals surface area contributed by atoms with E-state index in [0.29, 0.717) is 9.76 Å².